The third-order valence-corrected chi connectivity index (χ3v) is 9.12. The number of carbonyl (C=O) groups is 1. The minimum absolute atomic E-state index is 0.00590. The Balaban J connectivity index is 1.50. The lowest BCUT2D eigenvalue weighted by Gasteiger charge is -2.26. The van der Waals surface area contributed by atoms with Crippen LogP contribution in [-0.4, -0.2) is 24.5 Å². The van der Waals surface area contributed by atoms with E-state index in [1.807, 2.05) is 38.1 Å². The van der Waals surface area contributed by atoms with Crippen molar-refractivity contribution in [3.8, 4) is 10.6 Å². The van der Waals surface area contributed by atoms with Crippen molar-refractivity contribution in [3.63, 3.8) is 0 Å². The second-order valence-electron chi connectivity index (χ2n) is 9.20. The van der Waals surface area contributed by atoms with Gasteiger partial charge in [0.25, 0.3) is 15.9 Å². The van der Waals surface area contributed by atoms with E-state index < -0.39 is 15.9 Å². The van der Waals surface area contributed by atoms with E-state index in [1.165, 1.54) is 15.6 Å². The molecule has 4 aromatic carbocycles. The molecule has 10 heteroatoms. The SMILES string of the molecule is Cc1ccc(-c2nnc(NC(=O)c3ccccc3N(Cc3ccc(Cl)cc3)S(=O)(=O)c3ccc(C)cc3)s2)cc1. The van der Waals surface area contributed by atoms with Crippen LogP contribution >= 0.6 is 22.9 Å². The van der Waals surface area contributed by atoms with Crippen LogP contribution in [-0.2, 0) is 16.6 Å². The maximum Gasteiger partial charge on any atom is 0.264 e. The third-order valence-electron chi connectivity index (χ3n) is 6.21. The van der Waals surface area contributed by atoms with Gasteiger partial charge in [-0.25, -0.2) is 8.42 Å². The second kappa shape index (κ2) is 11.6. The Kier molecular flexibility index (Phi) is 7.97. The van der Waals surface area contributed by atoms with Gasteiger partial charge in [0.1, 0.15) is 5.01 Å². The van der Waals surface area contributed by atoms with E-state index in [0.29, 0.717) is 20.7 Å². The number of para-hydroxylation sites is 1. The molecule has 1 amide bonds. The summed E-state index contributed by atoms with van der Waals surface area (Å²) in [5.41, 5.74) is 4.08. The summed E-state index contributed by atoms with van der Waals surface area (Å²) in [7, 11) is -4.05. The summed E-state index contributed by atoms with van der Waals surface area (Å²) in [6.45, 7) is 3.88. The molecular weight excluding hydrogens is 564 g/mol. The number of aryl methyl sites for hydroxylation is 2. The van der Waals surface area contributed by atoms with Crippen molar-refractivity contribution >= 4 is 49.7 Å². The van der Waals surface area contributed by atoms with Gasteiger partial charge in [-0.05, 0) is 55.8 Å². The van der Waals surface area contributed by atoms with Crippen LogP contribution in [0.25, 0.3) is 10.6 Å². The van der Waals surface area contributed by atoms with Crippen molar-refractivity contribution in [2.24, 2.45) is 0 Å². The van der Waals surface area contributed by atoms with Crippen LogP contribution < -0.4 is 9.62 Å². The number of nitrogens with zero attached hydrogens (tertiary/aromatic N) is 3. The summed E-state index contributed by atoms with van der Waals surface area (Å²) < 4.78 is 29.2. The maximum atomic E-state index is 14.0. The number of halogens is 1. The highest BCUT2D eigenvalue weighted by Crippen LogP contribution is 2.31. The zero-order valence-electron chi connectivity index (χ0n) is 21.7. The largest absolute Gasteiger partial charge is 0.296 e. The molecule has 1 N–H and O–H groups in total. The number of nitrogens with one attached hydrogen (secondary N) is 1. The molecule has 0 aliphatic carbocycles. The molecule has 40 heavy (non-hydrogen) atoms. The first kappa shape index (κ1) is 27.5. The molecule has 0 atom stereocenters. The van der Waals surface area contributed by atoms with Gasteiger partial charge in [0, 0.05) is 10.6 Å². The first-order valence-corrected chi connectivity index (χ1v) is 15.0. The van der Waals surface area contributed by atoms with Gasteiger partial charge < -0.3 is 0 Å². The lowest BCUT2D eigenvalue weighted by Crippen LogP contribution is -2.32. The summed E-state index contributed by atoms with van der Waals surface area (Å²) in [5, 5.41) is 12.6. The predicted molar refractivity (Wildman–Crippen MR) is 160 cm³/mol. The van der Waals surface area contributed by atoms with Gasteiger partial charge in [-0.2, -0.15) is 0 Å². The number of anilines is 2. The number of rotatable bonds is 8. The number of hydrogen-bond donors (Lipinski definition) is 1. The summed E-state index contributed by atoms with van der Waals surface area (Å²) in [6.07, 6.45) is 0. The lowest BCUT2D eigenvalue weighted by atomic mass is 10.1. The highest BCUT2D eigenvalue weighted by Gasteiger charge is 2.29. The van der Waals surface area contributed by atoms with Gasteiger partial charge in [-0.15, -0.1) is 10.2 Å². The Morgan fingerprint density at radius 3 is 2.15 bits per heavy atom. The average Bonchev–Trinajstić information content (AvgIpc) is 3.41. The van der Waals surface area contributed by atoms with Crippen LogP contribution in [0, 0.1) is 13.8 Å². The van der Waals surface area contributed by atoms with Crippen LogP contribution in [0.15, 0.2) is 102 Å². The highest BCUT2D eigenvalue weighted by molar-refractivity contribution is 7.92. The number of aromatic nitrogens is 2. The fraction of sp³-hybridized carbons (Fsp3) is 0.100. The van der Waals surface area contributed by atoms with Crippen molar-refractivity contribution in [2.75, 3.05) is 9.62 Å². The Morgan fingerprint density at radius 1 is 0.850 bits per heavy atom. The van der Waals surface area contributed by atoms with Crippen molar-refractivity contribution in [1.82, 2.24) is 10.2 Å². The van der Waals surface area contributed by atoms with Gasteiger partial charge >= 0.3 is 0 Å². The quantitative estimate of drug-likeness (QED) is 0.208. The second-order valence-corrected chi connectivity index (χ2v) is 12.5. The first-order chi connectivity index (χ1) is 19.2. The zero-order valence-corrected chi connectivity index (χ0v) is 24.1. The molecule has 0 saturated carbocycles. The molecule has 7 nitrogen and oxygen atoms in total. The molecular formula is C30H25ClN4O3S2. The summed E-state index contributed by atoms with van der Waals surface area (Å²) in [5.74, 6) is -0.498. The van der Waals surface area contributed by atoms with Crippen molar-refractivity contribution < 1.29 is 13.2 Å². The number of benzene rings is 4. The summed E-state index contributed by atoms with van der Waals surface area (Å²) in [6, 6.07) is 28.0. The molecule has 0 aliphatic heterocycles. The molecule has 0 aliphatic rings. The van der Waals surface area contributed by atoms with Gasteiger partial charge in [0.05, 0.1) is 22.7 Å². The number of amides is 1. The van der Waals surface area contributed by atoms with Gasteiger partial charge in [0.15, 0.2) is 0 Å². The van der Waals surface area contributed by atoms with Crippen molar-refractivity contribution in [2.45, 2.75) is 25.3 Å². The van der Waals surface area contributed by atoms with E-state index >= 15 is 0 Å². The molecule has 5 aromatic rings. The molecule has 0 spiro atoms. The molecule has 0 saturated heterocycles. The minimum Gasteiger partial charge on any atom is -0.296 e. The lowest BCUT2D eigenvalue weighted by molar-refractivity contribution is 0.102. The standard InChI is InChI=1S/C30H25ClN4O3S2/c1-20-7-13-23(14-8-20)29-33-34-30(39-29)32-28(36)26-5-3-4-6-27(26)35(19-22-11-15-24(31)16-12-22)40(37,38)25-17-9-21(2)10-18-25/h3-18H,19H2,1-2H3,(H,32,34,36). The fourth-order valence-electron chi connectivity index (χ4n) is 4.03. The van der Waals surface area contributed by atoms with Gasteiger partial charge in [-0.1, -0.05) is 94.7 Å². The average molecular weight is 589 g/mol. The zero-order chi connectivity index (χ0) is 28.3. The van der Waals surface area contributed by atoms with E-state index in [0.717, 1.165) is 16.7 Å². The Bertz CT molecular complexity index is 1750. The molecule has 5 rings (SSSR count). The van der Waals surface area contributed by atoms with Crippen LogP contribution in [0.4, 0.5) is 10.8 Å². The maximum absolute atomic E-state index is 14.0. The van der Waals surface area contributed by atoms with E-state index in [4.69, 9.17) is 11.6 Å². The van der Waals surface area contributed by atoms with E-state index in [2.05, 4.69) is 15.5 Å². The molecule has 1 heterocycles. The predicted octanol–water partition coefficient (Wildman–Crippen LogP) is 7.12. The Labute approximate surface area is 242 Å². The monoisotopic (exact) mass is 588 g/mol. The molecule has 0 unspecified atom stereocenters. The third kappa shape index (κ3) is 6.07. The van der Waals surface area contributed by atoms with E-state index in [-0.39, 0.29) is 22.7 Å². The highest BCUT2D eigenvalue weighted by atomic mass is 35.5. The Morgan fingerprint density at radius 2 is 1.48 bits per heavy atom. The fourth-order valence-corrected chi connectivity index (χ4v) is 6.37. The smallest absolute Gasteiger partial charge is 0.264 e. The first-order valence-electron chi connectivity index (χ1n) is 12.4. The topological polar surface area (TPSA) is 92.3 Å². The minimum atomic E-state index is -4.05. The summed E-state index contributed by atoms with van der Waals surface area (Å²) >= 11 is 7.30. The number of carbonyl (C=O) groups excluding carboxylic acids is 1. The number of sulfonamides is 1. The van der Waals surface area contributed by atoms with Crippen molar-refractivity contribution in [3.05, 3.63) is 124 Å². The molecule has 0 radical (unpaired) electrons. The van der Waals surface area contributed by atoms with Gasteiger partial charge in [0.2, 0.25) is 5.13 Å². The molecule has 0 bridgehead atoms. The molecule has 0 fully saturated rings. The van der Waals surface area contributed by atoms with Crippen LogP contribution in [0.2, 0.25) is 5.02 Å². The van der Waals surface area contributed by atoms with Crippen LogP contribution in [0.3, 0.4) is 0 Å². The van der Waals surface area contributed by atoms with Crippen LogP contribution in [0.1, 0.15) is 27.0 Å². The van der Waals surface area contributed by atoms with Crippen LogP contribution in [0.5, 0.6) is 0 Å². The Hall–Kier alpha value is -4.05. The number of hydrogen-bond acceptors (Lipinski definition) is 6. The van der Waals surface area contributed by atoms with E-state index in [1.54, 1.807) is 72.8 Å². The van der Waals surface area contributed by atoms with Crippen molar-refractivity contribution in [1.29, 1.82) is 0 Å². The molecule has 1 aromatic heterocycles. The molecule has 202 valence electrons. The van der Waals surface area contributed by atoms with E-state index in [9.17, 15) is 13.2 Å². The summed E-state index contributed by atoms with van der Waals surface area (Å²) in [4.78, 5) is 13.6. The van der Waals surface area contributed by atoms with Gasteiger partial charge in [-0.3, -0.25) is 14.4 Å². The normalized spacial score (nSPS) is 11.3.